The molecule has 0 saturated carbocycles. The van der Waals surface area contributed by atoms with Crippen LogP contribution in [0.3, 0.4) is 0 Å². The lowest BCUT2D eigenvalue weighted by Crippen LogP contribution is -2.12. The van der Waals surface area contributed by atoms with E-state index in [1.165, 1.54) is 151 Å². The van der Waals surface area contributed by atoms with E-state index in [-0.39, 0.29) is 22.6 Å². The van der Waals surface area contributed by atoms with Gasteiger partial charge in [-0.2, -0.15) is 0 Å². The van der Waals surface area contributed by atoms with Gasteiger partial charge in [0.05, 0.1) is 24.3 Å². The highest BCUT2D eigenvalue weighted by Crippen LogP contribution is 2.28. The Morgan fingerprint density at radius 1 is 0.453 bits per heavy atom. The van der Waals surface area contributed by atoms with E-state index in [0.29, 0.717) is 30.3 Å². The number of benzene rings is 3. The maximum Gasteiger partial charge on any atom is 0.347 e. The largest absolute Gasteiger partial charge is 0.493 e. The van der Waals surface area contributed by atoms with Gasteiger partial charge in [-0.1, -0.05) is 129 Å². The number of hydrogen-bond donors (Lipinski definition) is 1. The molecular formula is C45H62O8. The van der Waals surface area contributed by atoms with Crippen LogP contribution in [0.25, 0.3) is 0 Å². The van der Waals surface area contributed by atoms with Gasteiger partial charge in [-0.05, 0) is 73.5 Å². The van der Waals surface area contributed by atoms with Crippen molar-refractivity contribution in [1.29, 1.82) is 0 Å². The Labute approximate surface area is 317 Å². The van der Waals surface area contributed by atoms with Gasteiger partial charge in [0.15, 0.2) is 0 Å². The fourth-order valence-corrected chi connectivity index (χ4v) is 6.08. The van der Waals surface area contributed by atoms with Crippen LogP contribution in [0.5, 0.6) is 23.0 Å². The van der Waals surface area contributed by atoms with E-state index >= 15 is 0 Å². The number of carboxylic acids is 1. The summed E-state index contributed by atoms with van der Waals surface area (Å²) in [5, 5.41) is 9.06. The molecule has 0 aliphatic rings. The molecule has 0 fully saturated rings. The first-order valence-corrected chi connectivity index (χ1v) is 20.2. The predicted molar refractivity (Wildman–Crippen MR) is 211 cm³/mol. The molecule has 1 N–H and O–H groups in total. The molecule has 290 valence electrons. The monoisotopic (exact) mass is 730 g/mol. The van der Waals surface area contributed by atoms with Crippen molar-refractivity contribution in [2.75, 3.05) is 13.2 Å². The van der Waals surface area contributed by atoms with Crippen molar-refractivity contribution in [3.05, 3.63) is 83.4 Å². The van der Waals surface area contributed by atoms with Gasteiger partial charge in [0, 0.05) is 6.07 Å². The molecule has 8 heteroatoms. The van der Waals surface area contributed by atoms with Gasteiger partial charge in [-0.25, -0.2) is 14.4 Å². The van der Waals surface area contributed by atoms with E-state index in [1.54, 1.807) is 18.2 Å². The van der Waals surface area contributed by atoms with Crippen LogP contribution in [0.1, 0.15) is 173 Å². The number of rotatable bonds is 29. The van der Waals surface area contributed by atoms with Gasteiger partial charge in [0.25, 0.3) is 0 Å². The van der Waals surface area contributed by atoms with Gasteiger partial charge in [-0.3, -0.25) is 0 Å². The molecule has 0 unspecified atom stereocenters. The van der Waals surface area contributed by atoms with Gasteiger partial charge in [0.1, 0.15) is 28.6 Å². The van der Waals surface area contributed by atoms with Crippen LogP contribution in [-0.4, -0.2) is 36.2 Å². The Balaban J connectivity index is 1.51. The number of unbranched alkanes of at least 4 members (excludes halogenated alkanes) is 18. The summed E-state index contributed by atoms with van der Waals surface area (Å²) in [5.74, 6) is -0.683. The Bertz CT molecular complexity index is 1460. The molecular weight excluding hydrogens is 668 g/mol. The zero-order valence-corrected chi connectivity index (χ0v) is 32.2. The highest BCUT2D eigenvalue weighted by atomic mass is 16.5. The number of hydrogen-bond acceptors (Lipinski definition) is 7. The quantitative estimate of drug-likeness (QED) is 0.0427. The molecule has 0 atom stereocenters. The lowest BCUT2D eigenvalue weighted by atomic mass is 10.1. The van der Waals surface area contributed by atoms with E-state index in [9.17, 15) is 14.4 Å². The molecule has 0 spiro atoms. The smallest absolute Gasteiger partial charge is 0.347 e. The van der Waals surface area contributed by atoms with Crippen molar-refractivity contribution >= 4 is 17.9 Å². The fourth-order valence-electron chi connectivity index (χ4n) is 6.08. The maximum absolute atomic E-state index is 13.4. The minimum Gasteiger partial charge on any atom is -0.493 e. The minimum absolute atomic E-state index is 0.0924. The zero-order chi connectivity index (χ0) is 37.9. The van der Waals surface area contributed by atoms with E-state index in [0.717, 1.165) is 25.7 Å². The normalized spacial score (nSPS) is 10.9. The average Bonchev–Trinajstić information content (AvgIpc) is 3.16. The summed E-state index contributed by atoms with van der Waals surface area (Å²) < 4.78 is 23.3. The third-order valence-corrected chi connectivity index (χ3v) is 9.31. The van der Waals surface area contributed by atoms with Gasteiger partial charge >= 0.3 is 17.9 Å². The molecule has 0 saturated heterocycles. The van der Waals surface area contributed by atoms with Crippen LogP contribution in [0.15, 0.2) is 66.7 Å². The third kappa shape index (κ3) is 17.8. The van der Waals surface area contributed by atoms with Crippen LogP contribution < -0.4 is 18.9 Å². The van der Waals surface area contributed by atoms with Crippen molar-refractivity contribution in [2.45, 2.75) is 142 Å². The minimum atomic E-state index is -1.07. The highest BCUT2D eigenvalue weighted by molar-refractivity contribution is 5.95. The molecule has 0 heterocycles. The van der Waals surface area contributed by atoms with Crippen LogP contribution in [0.4, 0.5) is 0 Å². The summed E-state index contributed by atoms with van der Waals surface area (Å²) in [5.41, 5.74) is 0.642. The van der Waals surface area contributed by atoms with Crippen LogP contribution in [-0.2, 0) is 0 Å². The first kappa shape index (κ1) is 43.1. The molecule has 8 nitrogen and oxygen atoms in total. The number of carbonyl (C=O) groups is 3. The molecule has 3 aromatic rings. The van der Waals surface area contributed by atoms with E-state index in [4.69, 9.17) is 24.1 Å². The summed E-state index contributed by atoms with van der Waals surface area (Å²) >= 11 is 0. The first-order chi connectivity index (χ1) is 25.9. The number of carboxylic acid groups (broad SMARTS) is 1. The molecule has 0 aliphatic heterocycles. The molecule has 53 heavy (non-hydrogen) atoms. The van der Waals surface area contributed by atoms with Gasteiger partial charge in [-0.15, -0.1) is 0 Å². The number of esters is 2. The fraction of sp³-hybridized carbons (Fsp3) is 0.533. The predicted octanol–water partition coefficient (Wildman–Crippen LogP) is 12.4. The SMILES string of the molecule is CCCCCCCCCCCCOc1ccc(C(=O)Oc2ccc(C(=O)Oc3ccc(C(=O)O)cc3)cc2)c(OCCCCCCCCCCCC)c1. The van der Waals surface area contributed by atoms with E-state index in [2.05, 4.69) is 13.8 Å². The Morgan fingerprint density at radius 2 is 0.849 bits per heavy atom. The molecule has 0 aliphatic carbocycles. The third-order valence-electron chi connectivity index (χ3n) is 9.31. The Kier molecular flexibility index (Phi) is 21.5. The van der Waals surface area contributed by atoms with Crippen LogP contribution in [0.2, 0.25) is 0 Å². The van der Waals surface area contributed by atoms with Gasteiger partial charge < -0.3 is 24.1 Å². The van der Waals surface area contributed by atoms with Gasteiger partial charge in [0.2, 0.25) is 0 Å². The molecule has 3 rings (SSSR count). The summed E-state index contributed by atoms with van der Waals surface area (Å²) in [6.07, 6.45) is 24.8. The Morgan fingerprint density at radius 3 is 1.32 bits per heavy atom. The summed E-state index contributed by atoms with van der Waals surface area (Å²) in [6.45, 7) is 5.60. The van der Waals surface area contributed by atoms with Crippen molar-refractivity contribution in [1.82, 2.24) is 0 Å². The van der Waals surface area contributed by atoms with Crippen molar-refractivity contribution < 1.29 is 38.4 Å². The van der Waals surface area contributed by atoms with Crippen molar-refractivity contribution in [3.63, 3.8) is 0 Å². The summed E-state index contributed by atoms with van der Waals surface area (Å²) in [4.78, 5) is 37.1. The summed E-state index contributed by atoms with van der Waals surface area (Å²) in [6, 6.07) is 16.9. The molecule has 3 aromatic carbocycles. The van der Waals surface area contributed by atoms with Crippen LogP contribution >= 0.6 is 0 Å². The number of ether oxygens (including phenoxy) is 4. The highest BCUT2D eigenvalue weighted by Gasteiger charge is 2.18. The Hall–Kier alpha value is -4.33. The number of aromatic carboxylic acids is 1. The van der Waals surface area contributed by atoms with Crippen molar-refractivity contribution in [3.8, 4) is 23.0 Å². The second-order valence-corrected chi connectivity index (χ2v) is 13.9. The van der Waals surface area contributed by atoms with E-state index < -0.39 is 17.9 Å². The number of carbonyl (C=O) groups excluding carboxylic acids is 2. The summed E-state index contributed by atoms with van der Waals surface area (Å²) in [7, 11) is 0. The second kappa shape index (κ2) is 26.4. The maximum atomic E-state index is 13.4. The van der Waals surface area contributed by atoms with Crippen molar-refractivity contribution in [2.24, 2.45) is 0 Å². The lowest BCUT2D eigenvalue weighted by Gasteiger charge is -2.14. The molecule has 0 bridgehead atoms. The zero-order valence-electron chi connectivity index (χ0n) is 32.2. The first-order valence-electron chi connectivity index (χ1n) is 20.2. The van der Waals surface area contributed by atoms with E-state index in [1.807, 2.05) is 0 Å². The average molecular weight is 731 g/mol. The molecule has 0 radical (unpaired) electrons. The standard InChI is InChI=1S/C45H62O8/c1-3-5-7-9-11-13-15-17-19-21-33-50-40-31-32-41(42(35-40)51-34-22-20-18-16-14-12-10-8-6-4-2)45(49)53-39-29-25-37(26-30-39)44(48)52-38-27-23-36(24-28-38)43(46)47/h23-32,35H,3-22,33-34H2,1-2H3,(H,46,47). The molecule has 0 aromatic heterocycles. The molecule has 0 amide bonds. The van der Waals surface area contributed by atoms with Crippen LogP contribution in [0, 0.1) is 0 Å². The second-order valence-electron chi connectivity index (χ2n) is 13.9. The lowest BCUT2D eigenvalue weighted by molar-refractivity contribution is 0.0693. The topological polar surface area (TPSA) is 108 Å².